The molecule has 0 saturated carbocycles. The molecule has 1 atom stereocenters. The maximum Gasteiger partial charge on any atom is 0.146 e. The second-order valence-corrected chi connectivity index (χ2v) is 4.78. The van der Waals surface area contributed by atoms with E-state index in [9.17, 15) is 0 Å². The Labute approximate surface area is 102 Å². The lowest BCUT2D eigenvalue weighted by Gasteiger charge is -2.22. The molecule has 1 unspecified atom stereocenters. The van der Waals surface area contributed by atoms with Crippen LogP contribution in [0.1, 0.15) is 0 Å². The highest BCUT2D eigenvalue weighted by molar-refractivity contribution is 9.10. The van der Waals surface area contributed by atoms with Crippen molar-refractivity contribution in [2.24, 2.45) is 0 Å². The van der Waals surface area contributed by atoms with Gasteiger partial charge < -0.3 is 9.64 Å². The van der Waals surface area contributed by atoms with Crippen molar-refractivity contribution < 1.29 is 4.74 Å². The summed E-state index contributed by atoms with van der Waals surface area (Å²) in [6, 6.07) is 0. The van der Waals surface area contributed by atoms with Gasteiger partial charge in [-0.05, 0) is 15.9 Å². The summed E-state index contributed by atoms with van der Waals surface area (Å²) in [5, 5.41) is 0.00867. The largest absolute Gasteiger partial charge is 0.378 e. The summed E-state index contributed by atoms with van der Waals surface area (Å²) in [5.74, 6) is 0.876. The van der Waals surface area contributed by atoms with Crippen molar-refractivity contribution in [3.8, 4) is 0 Å². The molecule has 1 aliphatic heterocycles. The molecule has 0 N–H and O–H groups in total. The van der Waals surface area contributed by atoms with E-state index in [1.807, 2.05) is 0 Å². The van der Waals surface area contributed by atoms with E-state index in [-0.39, 0.29) is 5.38 Å². The van der Waals surface area contributed by atoms with Gasteiger partial charge in [0.25, 0.3) is 0 Å². The van der Waals surface area contributed by atoms with Crippen LogP contribution in [0.5, 0.6) is 0 Å². The number of rotatable bonds is 1. The molecule has 0 aliphatic carbocycles. The van der Waals surface area contributed by atoms with Crippen LogP contribution in [0.15, 0.2) is 17.0 Å². The highest BCUT2D eigenvalue weighted by Gasteiger charge is 2.19. The lowest BCUT2D eigenvalue weighted by Crippen LogP contribution is -2.31. The van der Waals surface area contributed by atoms with Crippen LogP contribution in [-0.4, -0.2) is 41.6 Å². The Morgan fingerprint density at radius 3 is 3.27 bits per heavy atom. The minimum Gasteiger partial charge on any atom is -0.378 e. The first-order chi connectivity index (χ1) is 7.27. The molecule has 1 fully saturated rings. The zero-order valence-corrected chi connectivity index (χ0v) is 10.4. The summed E-state index contributed by atoms with van der Waals surface area (Å²) in [4.78, 5) is 10.3. The third-order valence-corrected chi connectivity index (χ3v) is 2.99. The number of alkyl halides is 1. The Kier molecular flexibility index (Phi) is 3.77. The third kappa shape index (κ3) is 2.80. The van der Waals surface area contributed by atoms with Crippen molar-refractivity contribution in [2.45, 2.75) is 5.38 Å². The van der Waals surface area contributed by atoms with Crippen molar-refractivity contribution in [3.05, 3.63) is 17.0 Å². The van der Waals surface area contributed by atoms with Gasteiger partial charge in [0.2, 0.25) is 0 Å². The minimum atomic E-state index is 0.00867. The lowest BCUT2D eigenvalue weighted by atomic mass is 10.4. The molecular weight excluding hydrogens is 281 g/mol. The topological polar surface area (TPSA) is 38.2 Å². The molecule has 0 radical (unpaired) electrons. The average molecular weight is 293 g/mol. The van der Waals surface area contributed by atoms with E-state index in [4.69, 9.17) is 16.3 Å². The molecular formula is C9H11BrClN3O. The van der Waals surface area contributed by atoms with Crippen LogP contribution in [0.4, 0.5) is 5.82 Å². The second kappa shape index (κ2) is 5.09. The van der Waals surface area contributed by atoms with E-state index in [2.05, 4.69) is 30.8 Å². The molecule has 1 aliphatic rings. The summed E-state index contributed by atoms with van der Waals surface area (Å²) in [6.07, 6.45) is 3.27. The van der Waals surface area contributed by atoms with Crippen LogP contribution in [0.2, 0.25) is 0 Å². The predicted molar refractivity (Wildman–Crippen MR) is 62.4 cm³/mol. The van der Waals surface area contributed by atoms with E-state index in [0.717, 1.165) is 23.4 Å². The van der Waals surface area contributed by atoms with Crippen LogP contribution in [0.25, 0.3) is 0 Å². The molecule has 2 heterocycles. The third-order valence-electron chi connectivity index (χ3n) is 2.17. The van der Waals surface area contributed by atoms with Crippen molar-refractivity contribution in [3.63, 3.8) is 0 Å². The van der Waals surface area contributed by atoms with Gasteiger partial charge in [0.05, 0.1) is 23.1 Å². The van der Waals surface area contributed by atoms with Gasteiger partial charge in [-0.25, -0.2) is 9.97 Å². The molecule has 6 heteroatoms. The summed E-state index contributed by atoms with van der Waals surface area (Å²) >= 11 is 9.52. The number of hydrogen-bond acceptors (Lipinski definition) is 4. The standard InChI is InChI=1S/C9H11BrClN3O/c10-8-3-12-6-13-9(8)14-1-2-15-5-7(11)4-14/h3,6-7H,1-2,4-5H2. The Morgan fingerprint density at radius 1 is 1.60 bits per heavy atom. The van der Waals surface area contributed by atoms with Crippen LogP contribution in [0, 0.1) is 0 Å². The fourth-order valence-electron chi connectivity index (χ4n) is 1.50. The molecule has 1 saturated heterocycles. The highest BCUT2D eigenvalue weighted by atomic mass is 79.9. The van der Waals surface area contributed by atoms with Gasteiger partial charge in [0.1, 0.15) is 12.1 Å². The summed E-state index contributed by atoms with van der Waals surface area (Å²) < 4.78 is 6.25. The maximum absolute atomic E-state index is 6.09. The van der Waals surface area contributed by atoms with Gasteiger partial charge in [-0.1, -0.05) is 0 Å². The van der Waals surface area contributed by atoms with Crippen LogP contribution in [-0.2, 0) is 4.74 Å². The molecule has 1 aromatic rings. The molecule has 0 bridgehead atoms. The first kappa shape index (κ1) is 11.1. The molecule has 1 aromatic heterocycles. The van der Waals surface area contributed by atoms with Gasteiger partial charge >= 0.3 is 0 Å². The number of hydrogen-bond donors (Lipinski definition) is 0. The van der Waals surface area contributed by atoms with E-state index in [1.54, 1.807) is 6.20 Å². The number of nitrogens with zero attached hydrogens (tertiary/aromatic N) is 3. The van der Waals surface area contributed by atoms with E-state index in [1.165, 1.54) is 6.33 Å². The van der Waals surface area contributed by atoms with Crippen LogP contribution >= 0.6 is 27.5 Å². The minimum absolute atomic E-state index is 0.00867. The Bertz CT molecular complexity index is 339. The number of anilines is 1. The summed E-state index contributed by atoms with van der Waals surface area (Å²) in [5.41, 5.74) is 0. The maximum atomic E-state index is 6.09. The van der Waals surface area contributed by atoms with Gasteiger partial charge in [0.15, 0.2) is 0 Å². The molecule has 0 amide bonds. The molecule has 0 aromatic carbocycles. The first-order valence-electron chi connectivity index (χ1n) is 4.69. The average Bonchev–Trinajstić information content (AvgIpc) is 2.43. The molecule has 2 rings (SSSR count). The smallest absolute Gasteiger partial charge is 0.146 e. The Balaban J connectivity index is 2.18. The molecule has 15 heavy (non-hydrogen) atoms. The SMILES string of the molecule is ClC1COCCN(c2ncncc2Br)C1. The van der Waals surface area contributed by atoms with E-state index < -0.39 is 0 Å². The quantitative estimate of drug-likeness (QED) is 0.738. The van der Waals surface area contributed by atoms with Gasteiger partial charge in [-0.3, -0.25) is 0 Å². The van der Waals surface area contributed by atoms with Gasteiger partial charge in [-0.15, -0.1) is 11.6 Å². The van der Waals surface area contributed by atoms with Crippen LogP contribution < -0.4 is 4.90 Å². The van der Waals surface area contributed by atoms with E-state index in [0.29, 0.717) is 13.2 Å². The monoisotopic (exact) mass is 291 g/mol. The Morgan fingerprint density at radius 2 is 2.47 bits per heavy atom. The van der Waals surface area contributed by atoms with Crippen molar-refractivity contribution in [1.29, 1.82) is 0 Å². The fraction of sp³-hybridized carbons (Fsp3) is 0.556. The zero-order valence-electron chi connectivity index (χ0n) is 8.07. The second-order valence-electron chi connectivity index (χ2n) is 3.31. The Hall–Kier alpha value is -0.390. The highest BCUT2D eigenvalue weighted by Crippen LogP contribution is 2.23. The van der Waals surface area contributed by atoms with Gasteiger partial charge in [0, 0.05) is 19.3 Å². The molecule has 4 nitrogen and oxygen atoms in total. The fourth-order valence-corrected chi connectivity index (χ4v) is 2.23. The molecule has 82 valence electrons. The zero-order chi connectivity index (χ0) is 10.7. The normalized spacial score (nSPS) is 22.5. The van der Waals surface area contributed by atoms with E-state index >= 15 is 0 Å². The van der Waals surface area contributed by atoms with Crippen molar-refractivity contribution >= 4 is 33.3 Å². The van der Waals surface area contributed by atoms with Crippen molar-refractivity contribution in [2.75, 3.05) is 31.2 Å². The number of halogens is 2. The predicted octanol–water partition coefficient (Wildman–Crippen LogP) is 1.68. The molecule has 0 spiro atoms. The lowest BCUT2D eigenvalue weighted by molar-refractivity contribution is 0.154. The number of aromatic nitrogens is 2. The van der Waals surface area contributed by atoms with Crippen LogP contribution in [0.3, 0.4) is 0 Å². The first-order valence-corrected chi connectivity index (χ1v) is 5.92. The van der Waals surface area contributed by atoms with Gasteiger partial charge in [-0.2, -0.15) is 0 Å². The summed E-state index contributed by atoms with van der Waals surface area (Å²) in [7, 11) is 0. The van der Waals surface area contributed by atoms with Crippen molar-refractivity contribution in [1.82, 2.24) is 9.97 Å². The summed E-state index contributed by atoms with van der Waals surface area (Å²) in [6.45, 7) is 2.83. The number of ether oxygens (including phenoxy) is 1.